The van der Waals surface area contributed by atoms with Gasteiger partial charge in [-0.25, -0.2) is 9.97 Å². The number of carbonyl (C=O) groups is 1. The topological polar surface area (TPSA) is 67.3 Å². The summed E-state index contributed by atoms with van der Waals surface area (Å²) in [5.41, 5.74) is 3.62. The molecule has 1 aliphatic rings. The molecule has 1 aromatic carbocycles. The minimum Gasteiger partial charge on any atom is -0.384 e. The summed E-state index contributed by atoms with van der Waals surface area (Å²) in [6.07, 6.45) is 3.26. The Balaban J connectivity index is 1.65. The van der Waals surface area contributed by atoms with Gasteiger partial charge in [-0.05, 0) is 36.6 Å². The molecule has 0 unspecified atom stereocenters. The number of hydrogen-bond acceptors (Lipinski definition) is 5. The molecule has 0 aliphatic carbocycles. The van der Waals surface area contributed by atoms with Crippen molar-refractivity contribution in [3.05, 3.63) is 53.5 Å². The molecule has 1 N–H and O–H groups in total. The van der Waals surface area contributed by atoms with Crippen LogP contribution in [0.25, 0.3) is 0 Å². The van der Waals surface area contributed by atoms with Crippen molar-refractivity contribution in [2.24, 2.45) is 11.8 Å². The Labute approximate surface area is 154 Å². The van der Waals surface area contributed by atoms with Gasteiger partial charge in [0, 0.05) is 38.9 Å². The maximum atomic E-state index is 12.8. The number of hydrogen-bond donors (Lipinski definition) is 1. The predicted octanol–water partition coefficient (Wildman–Crippen LogP) is 2.11. The van der Waals surface area contributed by atoms with Crippen LogP contribution >= 0.6 is 0 Å². The number of anilines is 1. The molecule has 2 aromatic rings. The third-order valence-corrected chi connectivity index (χ3v) is 5.09. The SMILES string of the molecule is COC[C@@H]1CN(c2ccncn2)C[C@H]1C(=O)NCc1ccc(C)c(C)c1. The second-order valence-electron chi connectivity index (χ2n) is 6.93. The van der Waals surface area contributed by atoms with Gasteiger partial charge in [0.1, 0.15) is 12.1 Å². The molecule has 6 nitrogen and oxygen atoms in total. The molecule has 0 saturated carbocycles. The van der Waals surface area contributed by atoms with E-state index in [0.29, 0.717) is 19.7 Å². The monoisotopic (exact) mass is 354 g/mol. The van der Waals surface area contributed by atoms with Gasteiger partial charge in [-0.2, -0.15) is 0 Å². The van der Waals surface area contributed by atoms with E-state index < -0.39 is 0 Å². The fraction of sp³-hybridized carbons (Fsp3) is 0.450. The fourth-order valence-electron chi connectivity index (χ4n) is 3.44. The lowest BCUT2D eigenvalue weighted by molar-refractivity contribution is -0.126. The number of nitrogens with one attached hydrogen (secondary N) is 1. The number of amides is 1. The van der Waals surface area contributed by atoms with E-state index in [4.69, 9.17) is 4.74 Å². The summed E-state index contributed by atoms with van der Waals surface area (Å²) >= 11 is 0. The van der Waals surface area contributed by atoms with E-state index in [2.05, 4.69) is 52.2 Å². The molecule has 3 rings (SSSR count). The van der Waals surface area contributed by atoms with E-state index in [1.54, 1.807) is 13.3 Å². The Morgan fingerprint density at radius 2 is 2.12 bits per heavy atom. The van der Waals surface area contributed by atoms with Crippen LogP contribution in [0.5, 0.6) is 0 Å². The second-order valence-corrected chi connectivity index (χ2v) is 6.93. The summed E-state index contributed by atoms with van der Waals surface area (Å²) in [7, 11) is 1.68. The quantitative estimate of drug-likeness (QED) is 0.861. The summed E-state index contributed by atoms with van der Waals surface area (Å²) in [6.45, 7) is 6.68. The van der Waals surface area contributed by atoms with Crippen molar-refractivity contribution in [2.75, 3.05) is 31.7 Å². The Bertz CT molecular complexity index is 751. The van der Waals surface area contributed by atoms with Gasteiger partial charge in [0.2, 0.25) is 5.91 Å². The maximum absolute atomic E-state index is 12.8. The highest BCUT2D eigenvalue weighted by Crippen LogP contribution is 2.27. The van der Waals surface area contributed by atoms with E-state index >= 15 is 0 Å². The highest BCUT2D eigenvalue weighted by atomic mass is 16.5. The zero-order chi connectivity index (χ0) is 18.5. The Hall–Kier alpha value is -2.47. The number of aromatic nitrogens is 2. The van der Waals surface area contributed by atoms with Crippen molar-refractivity contribution in [2.45, 2.75) is 20.4 Å². The van der Waals surface area contributed by atoms with Crippen molar-refractivity contribution in [1.82, 2.24) is 15.3 Å². The highest BCUT2D eigenvalue weighted by molar-refractivity contribution is 5.80. The zero-order valence-electron chi connectivity index (χ0n) is 15.6. The molecular weight excluding hydrogens is 328 g/mol. The first kappa shape index (κ1) is 18.3. The van der Waals surface area contributed by atoms with E-state index in [-0.39, 0.29) is 17.7 Å². The number of nitrogens with zero attached hydrogens (tertiary/aromatic N) is 3. The summed E-state index contributed by atoms with van der Waals surface area (Å²) in [5, 5.41) is 3.09. The Kier molecular flexibility index (Phi) is 5.83. The third kappa shape index (κ3) is 4.19. The molecule has 1 aromatic heterocycles. The maximum Gasteiger partial charge on any atom is 0.225 e. The van der Waals surface area contributed by atoms with Crippen molar-refractivity contribution in [3.8, 4) is 0 Å². The molecule has 2 heterocycles. The van der Waals surface area contributed by atoms with E-state index in [0.717, 1.165) is 17.9 Å². The standard InChI is InChI=1S/C20H26N4O2/c1-14-4-5-16(8-15(14)2)9-22-20(25)18-11-24(10-17(18)12-26-3)19-6-7-21-13-23-19/h4-8,13,17-18H,9-12H2,1-3H3,(H,22,25)/t17-,18+/m0/s1. The first-order valence-electron chi connectivity index (χ1n) is 8.92. The molecule has 1 amide bonds. The van der Waals surface area contributed by atoms with Crippen LogP contribution in [0.2, 0.25) is 0 Å². The van der Waals surface area contributed by atoms with Gasteiger partial charge in [0.15, 0.2) is 0 Å². The first-order valence-corrected chi connectivity index (χ1v) is 8.92. The summed E-state index contributed by atoms with van der Waals surface area (Å²) in [5.74, 6) is 0.957. The van der Waals surface area contributed by atoms with Gasteiger partial charge >= 0.3 is 0 Å². The lowest BCUT2D eigenvalue weighted by Gasteiger charge is -2.17. The molecule has 0 spiro atoms. The molecular formula is C20H26N4O2. The van der Waals surface area contributed by atoms with Crippen molar-refractivity contribution >= 4 is 11.7 Å². The fourth-order valence-corrected chi connectivity index (χ4v) is 3.44. The van der Waals surface area contributed by atoms with Crippen LogP contribution in [0, 0.1) is 25.7 Å². The van der Waals surface area contributed by atoms with Gasteiger partial charge in [-0.15, -0.1) is 0 Å². The minimum absolute atomic E-state index is 0.0711. The Morgan fingerprint density at radius 3 is 2.81 bits per heavy atom. The Morgan fingerprint density at radius 1 is 1.27 bits per heavy atom. The highest BCUT2D eigenvalue weighted by Gasteiger charge is 2.38. The van der Waals surface area contributed by atoms with Gasteiger partial charge in [0.05, 0.1) is 12.5 Å². The second kappa shape index (κ2) is 8.27. The average molecular weight is 354 g/mol. The first-order chi connectivity index (χ1) is 12.6. The van der Waals surface area contributed by atoms with Crippen molar-refractivity contribution < 1.29 is 9.53 Å². The summed E-state index contributed by atoms with van der Waals surface area (Å²) < 4.78 is 5.34. The van der Waals surface area contributed by atoms with Gasteiger partial charge in [-0.3, -0.25) is 4.79 Å². The predicted molar refractivity (Wildman–Crippen MR) is 101 cm³/mol. The lowest BCUT2D eigenvalue weighted by Crippen LogP contribution is -2.36. The summed E-state index contributed by atoms with van der Waals surface area (Å²) in [4.78, 5) is 23.2. The third-order valence-electron chi connectivity index (χ3n) is 5.09. The molecule has 0 bridgehead atoms. The molecule has 1 saturated heterocycles. The molecule has 2 atom stereocenters. The van der Waals surface area contributed by atoms with Gasteiger partial charge < -0.3 is 15.0 Å². The van der Waals surface area contributed by atoms with E-state index in [9.17, 15) is 4.79 Å². The molecule has 0 radical (unpaired) electrons. The van der Waals surface area contributed by atoms with Crippen molar-refractivity contribution in [1.29, 1.82) is 0 Å². The number of ether oxygens (including phenoxy) is 1. The summed E-state index contributed by atoms with van der Waals surface area (Å²) in [6, 6.07) is 8.16. The molecule has 26 heavy (non-hydrogen) atoms. The minimum atomic E-state index is -0.114. The normalized spacial score (nSPS) is 19.6. The number of rotatable bonds is 6. The largest absolute Gasteiger partial charge is 0.384 e. The average Bonchev–Trinajstić information content (AvgIpc) is 3.07. The number of carbonyl (C=O) groups excluding carboxylic acids is 1. The van der Waals surface area contributed by atoms with Crippen LogP contribution in [-0.2, 0) is 16.1 Å². The molecule has 138 valence electrons. The van der Waals surface area contributed by atoms with E-state index in [1.807, 2.05) is 6.07 Å². The lowest BCUT2D eigenvalue weighted by atomic mass is 9.96. The van der Waals surface area contributed by atoms with Gasteiger partial charge in [-0.1, -0.05) is 18.2 Å². The van der Waals surface area contributed by atoms with Gasteiger partial charge in [0.25, 0.3) is 0 Å². The van der Waals surface area contributed by atoms with E-state index in [1.165, 1.54) is 17.5 Å². The smallest absolute Gasteiger partial charge is 0.225 e. The number of aryl methyl sites for hydroxylation is 2. The van der Waals surface area contributed by atoms with Crippen LogP contribution in [0.4, 0.5) is 5.82 Å². The van der Waals surface area contributed by atoms with Crippen LogP contribution in [0.3, 0.4) is 0 Å². The number of benzene rings is 1. The van der Waals surface area contributed by atoms with Crippen LogP contribution in [0.15, 0.2) is 36.8 Å². The van der Waals surface area contributed by atoms with Crippen molar-refractivity contribution in [3.63, 3.8) is 0 Å². The molecule has 6 heteroatoms. The van der Waals surface area contributed by atoms with Crippen LogP contribution in [-0.4, -0.2) is 42.7 Å². The van der Waals surface area contributed by atoms with Crippen LogP contribution in [0.1, 0.15) is 16.7 Å². The number of methoxy groups -OCH3 is 1. The molecule has 1 aliphatic heterocycles. The molecule has 1 fully saturated rings. The van der Waals surface area contributed by atoms with Crippen LogP contribution < -0.4 is 10.2 Å². The zero-order valence-corrected chi connectivity index (χ0v) is 15.6.